The van der Waals surface area contributed by atoms with Gasteiger partial charge in [-0.05, 0) is 54.0 Å². The first kappa shape index (κ1) is 34.3. The molecule has 1 saturated carbocycles. The zero-order chi connectivity index (χ0) is 30.1. The Kier molecular flexibility index (Phi) is 11.1. The molecule has 0 amide bonds. The predicted molar refractivity (Wildman–Crippen MR) is 156 cm³/mol. The first-order valence-corrected chi connectivity index (χ1v) is 19.5. The summed E-state index contributed by atoms with van der Waals surface area (Å²) in [5, 5.41) is 54.8. The summed E-state index contributed by atoms with van der Waals surface area (Å²) in [6.07, 6.45) is -12.1. The van der Waals surface area contributed by atoms with Crippen LogP contribution in [-0.2, 0) is 20.2 Å². The fourth-order valence-corrected chi connectivity index (χ4v) is 6.59. The predicted octanol–water partition coefficient (Wildman–Crippen LogP) is 3.18. The van der Waals surface area contributed by atoms with Crippen molar-refractivity contribution in [1.82, 2.24) is 0 Å². The molecule has 0 radical (unpaired) electrons. The molecule has 226 valence electrons. The van der Waals surface area contributed by atoms with Crippen molar-refractivity contribution in [3.05, 3.63) is 29.8 Å². The maximum Gasteiger partial charge on any atom is 0.192 e. The third-order valence-electron chi connectivity index (χ3n) is 8.80. The van der Waals surface area contributed by atoms with E-state index in [0.29, 0.717) is 5.75 Å². The monoisotopic (exact) mass is 588 g/mol. The number of aliphatic hydroxyl groups excluding tert-OH is 5. The molecular formula is C28H52O9Si2. The maximum absolute atomic E-state index is 11.4. The standard InChI is InChI=1S/C28H52O9Si2/c1-27(2,3)38(8,9)36-25-23(33)21(31)19(29)20(30)22(32)24(26(25)37-39(10,11)28(4,5)6)35-16-17-12-14-18(34-7)15-13-17/h12-15,19-26,29-33H,16H2,1-11H3/t19-,20+,21+,22+,23+,24-,25-,26-/m1/s1. The van der Waals surface area contributed by atoms with Gasteiger partial charge >= 0.3 is 0 Å². The molecule has 1 fully saturated rings. The summed E-state index contributed by atoms with van der Waals surface area (Å²) in [4.78, 5) is 0. The summed E-state index contributed by atoms with van der Waals surface area (Å²) in [6.45, 7) is 20.5. The van der Waals surface area contributed by atoms with Gasteiger partial charge < -0.3 is 43.9 Å². The highest BCUT2D eigenvalue weighted by Crippen LogP contribution is 2.43. The van der Waals surface area contributed by atoms with Crippen LogP contribution in [0.25, 0.3) is 0 Å². The van der Waals surface area contributed by atoms with E-state index in [1.807, 2.05) is 38.3 Å². The Morgan fingerprint density at radius 3 is 1.41 bits per heavy atom. The molecule has 0 aromatic heterocycles. The smallest absolute Gasteiger partial charge is 0.192 e. The summed E-state index contributed by atoms with van der Waals surface area (Å²) < 4.78 is 25.0. The topological polar surface area (TPSA) is 138 Å². The second-order valence-corrected chi connectivity index (χ2v) is 23.3. The highest BCUT2D eigenvalue weighted by Gasteiger charge is 2.55. The lowest BCUT2D eigenvalue weighted by Gasteiger charge is -2.51. The van der Waals surface area contributed by atoms with E-state index in [1.54, 1.807) is 19.2 Å². The zero-order valence-corrected chi connectivity index (χ0v) is 27.5. The second kappa shape index (κ2) is 12.6. The average molecular weight is 589 g/mol. The van der Waals surface area contributed by atoms with Crippen LogP contribution in [-0.4, -0.2) is 98.1 Å². The van der Waals surface area contributed by atoms with Crippen molar-refractivity contribution in [1.29, 1.82) is 0 Å². The summed E-state index contributed by atoms with van der Waals surface area (Å²) in [6, 6.07) is 7.23. The number of aliphatic hydroxyl groups is 5. The zero-order valence-electron chi connectivity index (χ0n) is 25.5. The molecule has 0 unspecified atom stereocenters. The fraction of sp³-hybridized carbons (Fsp3) is 0.786. The van der Waals surface area contributed by atoms with Crippen LogP contribution in [0.2, 0.25) is 36.3 Å². The van der Waals surface area contributed by atoms with Crippen molar-refractivity contribution in [3.63, 3.8) is 0 Å². The Bertz CT molecular complexity index is 911. The molecule has 1 aromatic carbocycles. The van der Waals surface area contributed by atoms with E-state index in [4.69, 9.17) is 18.3 Å². The lowest BCUT2D eigenvalue weighted by atomic mass is 9.85. The maximum atomic E-state index is 11.4. The van der Waals surface area contributed by atoms with Crippen LogP contribution in [0.15, 0.2) is 24.3 Å². The number of rotatable bonds is 8. The molecule has 0 aliphatic heterocycles. The van der Waals surface area contributed by atoms with Crippen molar-refractivity contribution < 1.29 is 43.9 Å². The second-order valence-electron chi connectivity index (χ2n) is 13.8. The van der Waals surface area contributed by atoms with E-state index in [9.17, 15) is 25.5 Å². The van der Waals surface area contributed by atoms with Crippen molar-refractivity contribution in [2.75, 3.05) is 7.11 Å². The molecule has 1 aliphatic rings. The van der Waals surface area contributed by atoms with E-state index < -0.39 is 65.5 Å². The van der Waals surface area contributed by atoms with Gasteiger partial charge in [-0.15, -0.1) is 0 Å². The normalized spacial score (nSPS) is 31.5. The molecule has 0 bridgehead atoms. The molecular weight excluding hydrogens is 536 g/mol. The van der Waals surface area contributed by atoms with Gasteiger partial charge in [0.15, 0.2) is 16.6 Å². The molecule has 0 saturated heterocycles. The SMILES string of the molecule is COc1ccc(CO[C@@H]2[C@@H](O)[C@@H](O)[C@@H](O)[C@H](O)[C@H](O)[C@@H](O[Si](C)(C)C(C)(C)C)[C@@H]2O[Si](C)(C)C(C)(C)C)cc1. The number of benzene rings is 1. The first-order valence-electron chi connectivity index (χ1n) is 13.6. The molecule has 5 N–H and O–H groups in total. The minimum atomic E-state index is -2.59. The summed E-state index contributed by atoms with van der Waals surface area (Å²) >= 11 is 0. The van der Waals surface area contributed by atoms with E-state index in [2.05, 4.69) is 41.5 Å². The van der Waals surface area contributed by atoms with Crippen LogP contribution in [0.1, 0.15) is 47.1 Å². The van der Waals surface area contributed by atoms with Crippen LogP contribution >= 0.6 is 0 Å². The highest BCUT2D eigenvalue weighted by molar-refractivity contribution is 6.74. The molecule has 0 spiro atoms. The Balaban J connectivity index is 2.65. The third-order valence-corrected chi connectivity index (χ3v) is 17.7. The molecule has 11 heteroatoms. The Morgan fingerprint density at radius 1 is 0.615 bits per heavy atom. The lowest BCUT2D eigenvalue weighted by molar-refractivity contribution is -0.229. The highest BCUT2D eigenvalue weighted by atomic mass is 28.4. The minimum Gasteiger partial charge on any atom is -0.497 e. The van der Waals surface area contributed by atoms with Gasteiger partial charge in [-0.1, -0.05) is 53.7 Å². The number of hydrogen-bond donors (Lipinski definition) is 5. The van der Waals surface area contributed by atoms with E-state index in [-0.39, 0.29) is 16.7 Å². The summed E-state index contributed by atoms with van der Waals surface area (Å²) in [5.74, 6) is 0.683. The van der Waals surface area contributed by atoms with E-state index in [1.165, 1.54) is 0 Å². The first-order chi connectivity index (χ1) is 17.6. The molecule has 39 heavy (non-hydrogen) atoms. The van der Waals surface area contributed by atoms with Crippen molar-refractivity contribution >= 4 is 16.6 Å². The molecule has 1 aromatic rings. The van der Waals surface area contributed by atoms with Gasteiger partial charge in [0.05, 0.1) is 13.7 Å². The van der Waals surface area contributed by atoms with E-state index >= 15 is 0 Å². The molecule has 9 nitrogen and oxygen atoms in total. The van der Waals surface area contributed by atoms with Gasteiger partial charge in [0.1, 0.15) is 54.6 Å². The van der Waals surface area contributed by atoms with Crippen LogP contribution in [0.3, 0.4) is 0 Å². The average Bonchev–Trinajstić information content (AvgIpc) is 2.83. The van der Waals surface area contributed by atoms with Crippen LogP contribution in [0.5, 0.6) is 5.75 Å². The van der Waals surface area contributed by atoms with Gasteiger partial charge in [0.2, 0.25) is 0 Å². The molecule has 0 heterocycles. The van der Waals surface area contributed by atoms with Crippen LogP contribution in [0.4, 0.5) is 0 Å². The molecule has 8 atom stereocenters. The number of hydrogen-bond acceptors (Lipinski definition) is 9. The fourth-order valence-electron chi connectivity index (χ4n) is 3.98. The largest absolute Gasteiger partial charge is 0.497 e. The van der Waals surface area contributed by atoms with Gasteiger partial charge in [-0.3, -0.25) is 0 Å². The van der Waals surface area contributed by atoms with Crippen LogP contribution < -0.4 is 4.74 Å². The summed E-state index contributed by atoms with van der Waals surface area (Å²) in [7, 11) is -3.59. The van der Waals surface area contributed by atoms with Gasteiger partial charge in [-0.25, -0.2) is 0 Å². The van der Waals surface area contributed by atoms with Gasteiger partial charge in [0, 0.05) is 0 Å². The molecule has 2 rings (SSSR count). The Hall–Kier alpha value is -0.866. The van der Waals surface area contributed by atoms with Crippen molar-refractivity contribution in [3.8, 4) is 5.75 Å². The number of methoxy groups -OCH3 is 1. The minimum absolute atomic E-state index is 0.0529. The van der Waals surface area contributed by atoms with Gasteiger partial charge in [-0.2, -0.15) is 0 Å². The molecule has 1 aliphatic carbocycles. The van der Waals surface area contributed by atoms with Crippen molar-refractivity contribution in [2.24, 2.45) is 0 Å². The van der Waals surface area contributed by atoms with Gasteiger partial charge in [0.25, 0.3) is 0 Å². The summed E-state index contributed by atoms with van der Waals surface area (Å²) in [5.41, 5.74) is 0.786. The lowest BCUT2D eigenvalue weighted by Crippen LogP contribution is -2.68. The Morgan fingerprint density at radius 2 is 1.00 bits per heavy atom. The van der Waals surface area contributed by atoms with Crippen LogP contribution in [0, 0.1) is 0 Å². The number of ether oxygens (including phenoxy) is 2. The Labute approximate surface area is 236 Å². The quantitative estimate of drug-likeness (QED) is 0.290. The van der Waals surface area contributed by atoms with Crippen molar-refractivity contribution in [2.45, 2.75) is 133 Å². The van der Waals surface area contributed by atoms with E-state index in [0.717, 1.165) is 5.56 Å². The third kappa shape index (κ3) is 7.91.